The summed E-state index contributed by atoms with van der Waals surface area (Å²) in [5.41, 5.74) is 0.0504. The van der Waals surface area contributed by atoms with Gasteiger partial charge >= 0.3 is 0 Å². The van der Waals surface area contributed by atoms with E-state index in [1.54, 1.807) is 11.3 Å². The van der Waals surface area contributed by atoms with Crippen molar-refractivity contribution in [2.75, 3.05) is 33.7 Å². The second kappa shape index (κ2) is 8.34. The maximum atomic E-state index is 4.68. The van der Waals surface area contributed by atoms with E-state index in [0.717, 1.165) is 32.0 Å². The Morgan fingerprint density at radius 3 is 2.62 bits per heavy atom. The average Bonchev–Trinajstić information content (AvgIpc) is 2.81. The third-order valence-electron chi connectivity index (χ3n) is 3.48. The molecule has 0 bridgehead atoms. The van der Waals surface area contributed by atoms with Gasteiger partial charge in [-0.1, -0.05) is 0 Å². The number of nitrogens with one attached hydrogen (secondary N) is 2. The molecular formula is C15H29N5S. The number of aliphatic imine (C=N–C) groups is 1. The average molecular weight is 311 g/mol. The molecule has 6 heteroatoms. The minimum absolute atomic E-state index is 0.0504. The van der Waals surface area contributed by atoms with Gasteiger partial charge in [-0.2, -0.15) is 0 Å². The van der Waals surface area contributed by atoms with Crippen molar-refractivity contribution in [3.8, 4) is 0 Å². The van der Waals surface area contributed by atoms with Crippen LogP contribution in [0.25, 0.3) is 0 Å². The van der Waals surface area contributed by atoms with Crippen molar-refractivity contribution >= 4 is 17.3 Å². The zero-order valence-electron chi connectivity index (χ0n) is 14.2. The van der Waals surface area contributed by atoms with Crippen LogP contribution in [0.15, 0.2) is 11.2 Å². The molecule has 1 heterocycles. The van der Waals surface area contributed by atoms with Gasteiger partial charge in [-0.25, -0.2) is 4.98 Å². The molecule has 21 heavy (non-hydrogen) atoms. The molecule has 1 aromatic rings. The Morgan fingerprint density at radius 1 is 1.38 bits per heavy atom. The van der Waals surface area contributed by atoms with Crippen LogP contribution in [-0.4, -0.2) is 55.1 Å². The Hall–Kier alpha value is -1.14. The van der Waals surface area contributed by atoms with E-state index in [0.29, 0.717) is 0 Å². The Balaban J connectivity index is 2.49. The van der Waals surface area contributed by atoms with Crippen molar-refractivity contribution in [3.05, 3.63) is 16.1 Å². The van der Waals surface area contributed by atoms with Crippen LogP contribution < -0.4 is 10.6 Å². The SMILES string of the molecule is CCNC(=NCC(C)(C)N(C)C)NCCc1ncc(C)s1. The minimum Gasteiger partial charge on any atom is -0.357 e. The van der Waals surface area contributed by atoms with Crippen LogP contribution in [0.4, 0.5) is 0 Å². The second-order valence-electron chi connectivity index (χ2n) is 5.94. The van der Waals surface area contributed by atoms with Crippen molar-refractivity contribution in [1.29, 1.82) is 0 Å². The van der Waals surface area contributed by atoms with Crippen LogP contribution in [0.5, 0.6) is 0 Å². The molecule has 0 aliphatic rings. The van der Waals surface area contributed by atoms with E-state index in [1.165, 1.54) is 9.88 Å². The highest BCUT2D eigenvalue weighted by Crippen LogP contribution is 2.11. The summed E-state index contributed by atoms with van der Waals surface area (Å²) in [6.45, 7) is 11.0. The molecule has 0 aliphatic heterocycles. The molecule has 0 unspecified atom stereocenters. The van der Waals surface area contributed by atoms with Crippen LogP contribution in [0, 0.1) is 6.92 Å². The minimum atomic E-state index is 0.0504. The van der Waals surface area contributed by atoms with Gasteiger partial charge in [0.1, 0.15) is 0 Å². The normalized spacial score (nSPS) is 12.8. The summed E-state index contributed by atoms with van der Waals surface area (Å²) in [6.07, 6.45) is 2.86. The first-order valence-electron chi connectivity index (χ1n) is 7.46. The smallest absolute Gasteiger partial charge is 0.191 e. The summed E-state index contributed by atoms with van der Waals surface area (Å²) in [5.74, 6) is 0.876. The quantitative estimate of drug-likeness (QED) is 0.596. The molecular weight excluding hydrogens is 282 g/mol. The lowest BCUT2D eigenvalue weighted by Crippen LogP contribution is -2.44. The van der Waals surface area contributed by atoms with E-state index >= 15 is 0 Å². The summed E-state index contributed by atoms with van der Waals surface area (Å²) in [5, 5.41) is 7.84. The predicted molar refractivity (Wildman–Crippen MR) is 92.3 cm³/mol. The third-order valence-corrected chi connectivity index (χ3v) is 4.45. The summed E-state index contributed by atoms with van der Waals surface area (Å²) in [4.78, 5) is 12.5. The zero-order chi connectivity index (χ0) is 15.9. The lowest BCUT2D eigenvalue weighted by atomic mass is 10.1. The molecule has 0 spiro atoms. The molecule has 0 aliphatic carbocycles. The maximum absolute atomic E-state index is 4.68. The number of hydrogen-bond donors (Lipinski definition) is 2. The van der Waals surface area contributed by atoms with Crippen LogP contribution in [0.1, 0.15) is 30.7 Å². The fourth-order valence-corrected chi connectivity index (χ4v) is 2.35. The van der Waals surface area contributed by atoms with E-state index < -0.39 is 0 Å². The van der Waals surface area contributed by atoms with Gasteiger partial charge in [0.2, 0.25) is 0 Å². The first kappa shape index (κ1) is 17.9. The summed E-state index contributed by atoms with van der Waals surface area (Å²) >= 11 is 1.76. The number of nitrogens with zero attached hydrogens (tertiary/aromatic N) is 3. The summed E-state index contributed by atoms with van der Waals surface area (Å²) in [7, 11) is 4.17. The van der Waals surface area contributed by atoms with E-state index in [-0.39, 0.29) is 5.54 Å². The van der Waals surface area contributed by atoms with Crippen molar-refractivity contribution < 1.29 is 0 Å². The molecule has 0 fully saturated rings. The van der Waals surface area contributed by atoms with Gasteiger partial charge in [0.05, 0.1) is 11.6 Å². The highest BCUT2D eigenvalue weighted by molar-refractivity contribution is 7.11. The molecule has 5 nitrogen and oxygen atoms in total. The van der Waals surface area contributed by atoms with Crippen LogP contribution in [-0.2, 0) is 6.42 Å². The van der Waals surface area contributed by atoms with E-state index in [9.17, 15) is 0 Å². The molecule has 1 aromatic heterocycles. The Kier molecular flexibility index (Phi) is 7.11. The molecule has 0 saturated carbocycles. The van der Waals surface area contributed by atoms with Crippen molar-refractivity contribution in [2.24, 2.45) is 4.99 Å². The number of thiazole rings is 1. The number of aromatic nitrogens is 1. The third kappa shape index (κ3) is 6.44. The molecule has 120 valence electrons. The van der Waals surface area contributed by atoms with Gasteiger partial charge in [-0.3, -0.25) is 4.99 Å². The molecule has 0 atom stereocenters. The molecule has 0 radical (unpaired) electrons. The number of guanidine groups is 1. The number of hydrogen-bond acceptors (Lipinski definition) is 4. The van der Waals surface area contributed by atoms with Gasteiger partial charge in [-0.05, 0) is 41.8 Å². The number of rotatable bonds is 7. The number of likely N-dealkylation sites (N-methyl/N-ethyl adjacent to an activating group) is 1. The van der Waals surface area contributed by atoms with Crippen LogP contribution >= 0.6 is 11.3 Å². The summed E-state index contributed by atoms with van der Waals surface area (Å²) in [6, 6.07) is 0. The molecule has 0 aromatic carbocycles. The van der Waals surface area contributed by atoms with Crippen LogP contribution in [0.2, 0.25) is 0 Å². The number of aryl methyl sites for hydroxylation is 1. The van der Waals surface area contributed by atoms with Crippen molar-refractivity contribution in [3.63, 3.8) is 0 Å². The van der Waals surface area contributed by atoms with Crippen LogP contribution in [0.3, 0.4) is 0 Å². The fraction of sp³-hybridized carbons (Fsp3) is 0.733. The largest absolute Gasteiger partial charge is 0.357 e. The fourth-order valence-electron chi connectivity index (χ4n) is 1.56. The van der Waals surface area contributed by atoms with E-state index in [4.69, 9.17) is 0 Å². The van der Waals surface area contributed by atoms with E-state index in [2.05, 4.69) is 67.3 Å². The second-order valence-corrected chi connectivity index (χ2v) is 7.26. The Labute approximate surface area is 132 Å². The Bertz CT molecular complexity index is 451. The van der Waals surface area contributed by atoms with Gasteiger partial charge in [0, 0.05) is 36.1 Å². The Morgan fingerprint density at radius 2 is 2.10 bits per heavy atom. The van der Waals surface area contributed by atoms with Gasteiger partial charge in [-0.15, -0.1) is 11.3 Å². The standard InChI is InChI=1S/C15H29N5S/c1-7-16-14(19-11-15(3,4)20(5)6)17-9-8-13-18-10-12(2)21-13/h10H,7-9,11H2,1-6H3,(H2,16,17,19). The molecule has 2 N–H and O–H groups in total. The highest BCUT2D eigenvalue weighted by Gasteiger charge is 2.19. The van der Waals surface area contributed by atoms with Crippen molar-refractivity contribution in [1.82, 2.24) is 20.5 Å². The topological polar surface area (TPSA) is 52.6 Å². The zero-order valence-corrected chi connectivity index (χ0v) is 15.0. The first-order chi connectivity index (χ1) is 9.85. The maximum Gasteiger partial charge on any atom is 0.191 e. The van der Waals surface area contributed by atoms with Gasteiger partial charge in [0.15, 0.2) is 5.96 Å². The first-order valence-corrected chi connectivity index (χ1v) is 8.27. The molecule has 0 saturated heterocycles. The van der Waals surface area contributed by atoms with Gasteiger partial charge < -0.3 is 15.5 Å². The summed E-state index contributed by atoms with van der Waals surface area (Å²) < 4.78 is 0. The highest BCUT2D eigenvalue weighted by atomic mass is 32.1. The predicted octanol–water partition coefficient (Wildman–Crippen LogP) is 1.89. The lowest BCUT2D eigenvalue weighted by molar-refractivity contribution is 0.204. The van der Waals surface area contributed by atoms with Crippen molar-refractivity contribution in [2.45, 2.75) is 39.7 Å². The lowest BCUT2D eigenvalue weighted by Gasteiger charge is -2.31. The molecule has 0 amide bonds. The molecule has 1 rings (SSSR count). The monoisotopic (exact) mass is 311 g/mol. The van der Waals surface area contributed by atoms with E-state index in [1.807, 2.05) is 6.20 Å². The van der Waals surface area contributed by atoms with Gasteiger partial charge in [0.25, 0.3) is 0 Å².